The highest BCUT2D eigenvalue weighted by Crippen LogP contribution is 2.20. The quantitative estimate of drug-likeness (QED) is 0.879. The first kappa shape index (κ1) is 16.6. The number of sulfonamides is 1. The van der Waals surface area contributed by atoms with Gasteiger partial charge in [0.2, 0.25) is 10.0 Å². The van der Waals surface area contributed by atoms with E-state index in [0.29, 0.717) is 11.5 Å². The van der Waals surface area contributed by atoms with Gasteiger partial charge in [-0.1, -0.05) is 38.1 Å². The van der Waals surface area contributed by atoms with Crippen molar-refractivity contribution in [2.24, 2.45) is 0 Å². The summed E-state index contributed by atoms with van der Waals surface area (Å²) in [5, 5.41) is 0. The molecule has 0 aliphatic rings. The molecule has 0 aliphatic heterocycles. The Morgan fingerprint density at radius 1 is 1.05 bits per heavy atom. The molecule has 5 heteroatoms. The van der Waals surface area contributed by atoms with Crippen LogP contribution in [0.2, 0.25) is 0 Å². The van der Waals surface area contributed by atoms with Crippen molar-refractivity contribution in [2.75, 3.05) is 0 Å². The van der Waals surface area contributed by atoms with Crippen LogP contribution in [0.15, 0.2) is 53.4 Å². The number of rotatable bonds is 6. The lowest BCUT2D eigenvalue weighted by Crippen LogP contribution is -2.23. The van der Waals surface area contributed by atoms with Crippen LogP contribution < -0.4 is 4.72 Å². The van der Waals surface area contributed by atoms with Gasteiger partial charge in [0.05, 0.1) is 4.90 Å². The molecule has 0 spiro atoms. The summed E-state index contributed by atoms with van der Waals surface area (Å²) in [6.45, 7) is 4.34. The van der Waals surface area contributed by atoms with Crippen molar-refractivity contribution in [3.05, 3.63) is 65.5 Å². The SMILES string of the molecule is CCC(C)c1ccc(S(=O)(=O)NCc2ccc(F)cc2)cc1. The first-order valence-electron chi connectivity index (χ1n) is 7.26. The molecule has 0 heterocycles. The van der Waals surface area contributed by atoms with E-state index in [2.05, 4.69) is 18.6 Å². The molecule has 0 aliphatic carbocycles. The van der Waals surface area contributed by atoms with Crippen molar-refractivity contribution in [1.29, 1.82) is 0 Å². The minimum Gasteiger partial charge on any atom is -0.207 e. The third-order valence-electron chi connectivity index (χ3n) is 3.75. The van der Waals surface area contributed by atoms with E-state index in [1.54, 1.807) is 24.3 Å². The average Bonchev–Trinajstić information content (AvgIpc) is 2.54. The summed E-state index contributed by atoms with van der Waals surface area (Å²) in [6, 6.07) is 12.7. The first-order chi connectivity index (χ1) is 10.4. The molecule has 2 rings (SSSR count). The van der Waals surface area contributed by atoms with Crippen molar-refractivity contribution in [2.45, 2.75) is 37.6 Å². The monoisotopic (exact) mass is 321 g/mol. The summed E-state index contributed by atoms with van der Waals surface area (Å²) in [5.74, 6) is 0.0659. The second-order valence-corrected chi connectivity index (χ2v) is 7.10. The van der Waals surface area contributed by atoms with E-state index in [1.807, 2.05) is 12.1 Å². The topological polar surface area (TPSA) is 46.2 Å². The Kier molecular flexibility index (Phi) is 5.32. The fraction of sp³-hybridized carbons (Fsp3) is 0.294. The van der Waals surface area contributed by atoms with Gasteiger partial charge in [0, 0.05) is 6.54 Å². The Morgan fingerprint density at radius 2 is 1.64 bits per heavy atom. The zero-order valence-electron chi connectivity index (χ0n) is 12.7. The summed E-state index contributed by atoms with van der Waals surface area (Å²) >= 11 is 0. The van der Waals surface area contributed by atoms with E-state index in [9.17, 15) is 12.8 Å². The van der Waals surface area contributed by atoms with E-state index in [0.717, 1.165) is 12.0 Å². The van der Waals surface area contributed by atoms with E-state index < -0.39 is 10.0 Å². The Morgan fingerprint density at radius 3 is 2.18 bits per heavy atom. The molecule has 118 valence electrons. The van der Waals surface area contributed by atoms with E-state index in [4.69, 9.17) is 0 Å². The van der Waals surface area contributed by atoms with Crippen LogP contribution >= 0.6 is 0 Å². The Balaban J connectivity index is 2.08. The van der Waals surface area contributed by atoms with Crippen molar-refractivity contribution in [3.63, 3.8) is 0 Å². The van der Waals surface area contributed by atoms with Crippen LogP contribution in [0.1, 0.15) is 37.3 Å². The fourth-order valence-corrected chi connectivity index (χ4v) is 3.09. The summed E-state index contributed by atoms with van der Waals surface area (Å²) in [7, 11) is -3.56. The normalized spacial score (nSPS) is 13.0. The molecule has 3 nitrogen and oxygen atoms in total. The van der Waals surface area contributed by atoms with Crippen LogP contribution in [0.5, 0.6) is 0 Å². The van der Waals surface area contributed by atoms with Crippen LogP contribution in [0.25, 0.3) is 0 Å². The van der Waals surface area contributed by atoms with Crippen molar-refractivity contribution in [1.82, 2.24) is 4.72 Å². The molecular formula is C17H20FNO2S. The number of halogens is 1. The highest BCUT2D eigenvalue weighted by Gasteiger charge is 2.14. The smallest absolute Gasteiger partial charge is 0.207 e. The number of hydrogen-bond acceptors (Lipinski definition) is 2. The third kappa shape index (κ3) is 4.15. The largest absolute Gasteiger partial charge is 0.240 e. The maximum absolute atomic E-state index is 12.8. The van der Waals surface area contributed by atoms with Gasteiger partial charge in [-0.15, -0.1) is 0 Å². The lowest BCUT2D eigenvalue weighted by atomic mass is 9.99. The maximum Gasteiger partial charge on any atom is 0.240 e. The number of nitrogens with one attached hydrogen (secondary N) is 1. The fourth-order valence-electron chi connectivity index (χ4n) is 2.08. The standard InChI is InChI=1S/C17H20FNO2S/c1-3-13(2)15-6-10-17(11-7-15)22(20,21)19-12-14-4-8-16(18)9-5-14/h4-11,13,19H,3,12H2,1-2H3. The Hall–Kier alpha value is -1.72. The zero-order valence-corrected chi connectivity index (χ0v) is 13.5. The van der Waals surface area contributed by atoms with Crippen LogP contribution in [-0.4, -0.2) is 8.42 Å². The molecule has 0 saturated heterocycles. The molecule has 0 bridgehead atoms. The van der Waals surface area contributed by atoms with E-state index in [-0.39, 0.29) is 17.3 Å². The molecule has 0 amide bonds. The molecule has 0 fully saturated rings. The van der Waals surface area contributed by atoms with E-state index in [1.165, 1.54) is 12.1 Å². The first-order valence-corrected chi connectivity index (χ1v) is 8.74. The summed E-state index contributed by atoms with van der Waals surface area (Å²) < 4.78 is 39.8. The molecule has 0 aromatic heterocycles. The zero-order chi connectivity index (χ0) is 16.2. The molecule has 1 N–H and O–H groups in total. The molecule has 2 aromatic carbocycles. The van der Waals surface area contributed by atoms with Gasteiger partial charge in [0.25, 0.3) is 0 Å². The predicted octanol–water partition coefficient (Wildman–Crippen LogP) is 3.82. The Labute approximate surface area is 131 Å². The van der Waals surface area contributed by atoms with Crippen LogP contribution in [0.3, 0.4) is 0 Å². The van der Waals surface area contributed by atoms with Crippen LogP contribution in [0.4, 0.5) is 4.39 Å². The minimum absolute atomic E-state index is 0.135. The highest BCUT2D eigenvalue weighted by atomic mass is 32.2. The summed E-state index contributed by atoms with van der Waals surface area (Å²) in [4.78, 5) is 0.238. The lowest BCUT2D eigenvalue weighted by molar-refractivity contribution is 0.581. The third-order valence-corrected chi connectivity index (χ3v) is 5.17. The molecule has 1 atom stereocenters. The molecule has 0 saturated carbocycles. The maximum atomic E-state index is 12.8. The van der Waals surface area contributed by atoms with E-state index >= 15 is 0 Å². The number of hydrogen-bond donors (Lipinski definition) is 1. The second kappa shape index (κ2) is 7.03. The molecule has 22 heavy (non-hydrogen) atoms. The van der Waals surface area contributed by atoms with Crippen molar-refractivity contribution in [3.8, 4) is 0 Å². The number of benzene rings is 2. The lowest BCUT2D eigenvalue weighted by Gasteiger charge is -2.11. The van der Waals surface area contributed by atoms with Gasteiger partial charge >= 0.3 is 0 Å². The van der Waals surface area contributed by atoms with Gasteiger partial charge in [-0.25, -0.2) is 17.5 Å². The second-order valence-electron chi connectivity index (χ2n) is 5.33. The van der Waals surface area contributed by atoms with Crippen molar-refractivity contribution >= 4 is 10.0 Å². The van der Waals surface area contributed by atoms with Crippen molar-refractivity contribution < 1.29 is 12.8 Å². The molecule has 2 aromatic rings. The minimum atomic E-state index is -3.56. The van der Waals surface area contributed by atoms with Gasteiger partial charge in [-0.2, -0.15) is 0 Å². The van der Waals surface area contributed by atoms with Gasteiger partial charge in [-0.05, 0) is 47.7 Å². The Bertz CT molecular complexity index is 709. The van der Waals surface area contributed by atoms with Crippen LogP contribution in [0, 0.1) is 5.82 Å². The predicted molar refractivity (Wildman–Crippen MR) is 85.6 cm³/mol. The van der Waals surface area contributed by atoms with Gasteiger partial charge in [-0.3, -0.25) is 0 Å². The highest BCUT2D eigenvalue weighted by molar-refractivity contribution is 7.89. The average molecular weight is 321 g/mol. The summed E-state index contributed by atoms with van der Waals surface area (Å²) in [5.41, 5.74) is 1.83. The molecule has 0 radical (unpaired) electrons. The van der Waals surface area contributed by atoms with Gasteiger partial charge in [0.1, 0.15) is 5.82 Å². The summed E-state index contributed by atoms with van der Waals surface area (Å²) in [6.07, 6.45) is 1.01. The molecule has 1 unspecified atom stereocenters. The van der Waals surface area contributed by atoms with Crippen LogP contribution in [-0.2, 0) is 16.6 Å². The van der Waals surface area contributed by atoms with Gasteiger partial charge < -0.3 is 0 Å². The molecular weight excluding hydrogens is 301 g/mol. The van der Waals surface area contributed by atoms with Gasteiger partial charge in [0.15, 0.2) is 0 Å².